The van der Waals surface area contributed by atoms with Gasteiger partial charge in [-0.15, -0.1) is 0 Å². The minimum Gasteiger partial charge on any atom is -0.464 e. The highest BCUT2D eigenvalue weighted by molar-refractivity contribution is 6.12. The fourth-order valence-corrected chi connectivity index (χ4v) is 2.55. The monoisotopic (exact) mass is 245 g/mol. The van der Waals surface area contributed by atoms with E-state index in [9.17, 15) is 0 Å². The second-order valence-electron chi connectivity index (χ2n) is 4.55. The largest absolute Gasteiger partial charge is 0.464 e. The third kappa shape index (κ3) is 1.54. The Hall–Kier alpha value is -2.61. The molecule has 0 aliphatic carbocycles. The predicted molar refractivity (Wildman–Crippen MR) is 77.0 cm³/mol. The van der Waals surface area contributed by atoms with E-state index < -0.39 is 0 Å². The Morgan fingerprint density at radius 3 is 2.58 bits per heavy atom. The lowest BCUT2D eigenvalue weighted by Crippen LogP contribution is -1.78. The number of furan rings is 1. The van der Waals surface area contributed by atoms with Gasteiger partial charge in [0.15, 0.2) is 0 Å². The zero-order chi connectivity index (χ0) is 12.7. The standard InChI is InChI=1S/C17H11NO/c1-2-4-14-12(3-1)5-6-16-17(14)15(11-19-16)13-7-9-18-10-8-13/h1-11H. The molecule has 2 heteroatoms. The first-order valence-corrected chi connectivity index (χ1v) is 6.23. The number of rotatable bonds is 1. The summed E-state index contributed by atoms with van der Waals surface area (Å²) >= 11 is 0. The Bertz CT molecular complexity index is 862. The Balaban J connectivity index is 2.15. The second-order valence-corrected chi connectivity index (χ2v) is 4.55. The Morgan fingerprint density at radius 2 is 1.68 bits per heavy atom. The van der Waals surface area contributed by atoms with E-state index in [2.05, 4.69) is 35.3 Å². The molecule has 0 spiro atoms. The molecular formula is C17H11NO. The van der Waals surface area contributed by atoms with Crippen LogP contribution in [0.5, 0.6) is 0 Å². The average Bonchev–Trinajstić information content (AvgIpc) is 2.92. The summed E-state index contributed by atoms with van der Waals surface area (Å²) in [6.45, 7) is 0. The number of benzene rings is 2. The zero-order valence-electron chi connectivity index (χ0n) is 10.2. The summed E-state index contributed by atoms with van der Waals surface area (Å²) in [5.41, 5.74) is 3.17. The quantitative estimate of drug-likeness (QED) is 0.488. The fourth-order valence-electron chi connectivity index (χ4n) is 2.55. The average molecular weight is 245 g/mol. The molecule has 0 radical (unpaired) electrons. The lowest BCUT2D eigenvalue weighted by molar-refractivity contribution is 0.617. The molecule has 0 aliphatic rings. The van der Waals surface area contributed by atoms with Crippen molar-refractivity contribution in [2.24, 2.45) is 0 Å². The molecule has 2 aromatic heterocycles. The summed E-state index contributed by atoms with van der Waals surface area (Å²) in [6, 6.07) is 16.5. The van der Waals surface area contributed by atoms with Crippen LogP contribution in [0.15, 0.2) is 71.6 Å². The van der Waals surface area contributed by atoms with Gasteiger partial charge in [0.05, 0.1) is 6.26 Å². The molecule has 0 bridgehead atoms. The van der Waals surface area contributed by atoms with E-state index in [0.29, 0.717) is 0 Å². The molecule has 2 heterocycles. The SMILES string of the molecule is c1ccc2c(c1)ccc1occ(-c3ccncc3)c12. The van der Waals surface area contributed by atoms with Crippen molar-refractivity contribution in [2.45, 2.75) is 0 Å². The van der Waals surface area contributed by atoms with E-state index >= 15 is 0 Å². The van der Waals surface area contributed by atoms with Gasteiger partial charge < -0.3 is 4.42 Å². The Kier molecular flexibility index (Phi) is 2.15. The van der Waals surface area contributed by atoms with E-state index in [1.54, 1.807) is 12.4 Å². The molecule has 0 saturated heterocycles. The van der Waals surface area contributed by atoms with Crippen LogP contribution >= 0.6 is 0 Å². The number of aromatic nitrogens is 1. The molecule has 19 heavy (non-hydrogen) atoms. The van der Waals surface area contributed by atoms with Gasteiger partial charge in [-0.25, -0.2) is 0 Å². The van der Waals surface area contributed by atoms with Crippen molar-refractivity contribution in [2.75, 3.05) is 0 Å². The van der Waals surface area contributed by atoms with Crippen molar-refractivity contribution in [3.63, 3.8) is 0 Å². The highest BCUT2D eigenvalue weighted by atomic mass is 16.3. The highest BCUT2D eigenvalue weighted by Crippen LogP contribution is 2.35. The molecule has 0 saturated carbocycles. The molecule has 0 atom stereocenters. The summed E-state index contributed by atoms with van der Waals surface area (Å²) in [4.78, 5) is 4.07. The Morgan fingerprint density at radius 1 is 0.842 bits per heavy atom. The number of hydrogen-bond acceptors (Lipinski definition) is 2. The van der Waals surface area contributed by atoms with Gasteiger partial charge in [0.2, 0.25) is 0 Å². The molecule has 0 unspecified atom stereocenters. The van der Waals surface area contributed by atoms with Gasteiger partial charge in [0, 0.05) is 23.3 Å². The minimum atomic E-state index is 0.922. The third-order valence-corrected chi connectivity index (χ3v) is 3.46. The minimum absolute atomic E-state index is 0.922. The van der Waals surface area contributed by atoms with Gasteiger partial charge in [0.25, 0.3) is 0 Å². The van der Waals surface area contributed by atoms with Crippen LogP contribution < -0.4 is 0 Å². The molecule has 90 valence electrons. The number of nitrogens with zero attached hydrogens (tertiary/aromatic N) is 1. The van der Waals surface area contributed by atoms with Crippen molar-refractivity contribution >= 4 is 21.7 Å². The van der Waals surface area contributed by atoms with Crippen LogP contribution in [0.2, 0.25) is 0 Å². The van der Waals surface area contributed by atoms with Crippen LogP contribution in [0.4, 0.5) is 0 Å². The van der Waals surface area contributed by atoms with Gasteiger partial charge in [0.1, 0.15) is 5.58 Å². The van der Waals surface area contributed by atoms with E-state index in [1.165, 1.54) is 16.2 Å². The number of fused-ring (bicyclic) bond motifs is 3. The zero-order valence-corrected chi connectivity index (χ0v) is 10.2. The second kappa shape index (κ2) is 3.95. The number of pyridine rings is 1. The van der Waals surface area contributed by atoms with E-state index in [4.69, 9.17) is 4.42 Å². The lowest BCUT2D eigenvalue weighted by atomic mass is 10.0. The first-order valence-electron chi connectivity index (χ1n) is 6.23. The molecule has 0 N–H and O–H groups in total. The molecule has 4 aromatic rings. The van der Waals surface area contributed by atoms with Gasteiger partial charge in [-0.2, -0.15) is 0 Å². The summed E-state index contributed by atoms with van der Waals surface area (Å²) in [5.74, 6) is 0. The molecule has 2 aromatic carbocycles. The summed E-state index contributed by atoms with van der Waals surface area (Å²) in [6.07, 6.45) is 5.44. The van der Waals surface area contributed by atoms with Crippen molar-refractivity contribution in [1.82, 2.24) is 4.98 Å². The normalized spacial score (nSPS) is 11.2. The first-order chi connectivity index (χ1) is 9.43. The van der Waals surface area contributed by atoms with Gasteiger partial charge in [-0.3, -0.25) is 4.98 Å². The smallest absolute Gasteiger partial charge is 0.135 e. The first kappa shape index (κ1) is 10.3. The van der Waals surface area contributed by atoms with Crippen LogP contribution in [-0.4, -0.2) is 4.98 Å². The molecule has 4 rings (SSSR count). The van der Waals surface area contributed by atoms with Crippen LogP contribution in [-0.2, 0) is 0 Å². The number of hydrogen-bond donors (Lipinski definition) is 0. The van der Waals surface area contributed by atoms with Gasteiger partial charge >= 0.3 is 0 Å². The van der Waals surface area contributed by atoms with Crippen LogP contribution in [0.25, 0.3) is 32.9 Å². The van der Waals surface area contributed by atoms with Crippen LogP contribution in [0, 0.1) is 0 Å². The van der Waals surface area contributed by atoms with E-state index in [0.717, 1.165) is 16.7 Å². The topological polar surface area (TPSA) is 26.0 Å². The molecular weight excluding hydrogens is 234 g/mol. The lowest BCUT2D eigenvalue weighted by Gasteiger charge is -2.02. The molecule has 2 nitrogen and oxygen atoms in total. The van der Waals surface area contributed by atoms with Crippen molar-refractivity contribution < 1.29 is 4.42 Å². The third-order valence-electron chi connectivity index (χ3n) is 3.46. The predicted octanol–water partition coefficient (Wildman–Crippen LogP) is 4.65. The summed E-state index contributed by atoms with van der Waals surface area (Å²) in [5, 5.41) is 3.62. The maximum Gasteiger partial charge on any atom is 0.135 e. The summed E-state index contributed by atoms with van der Waals surface area (Å²) < 4.78 is 5.69. The highest BCUT2D eigenvalue weighted by Gasteiger charge is 2.10. The fraction of sp³-hybridized carbons (Fsp3) is 0. The van der Waals surface area contributed by atoms with Gasteiger partial charge in [-0.05, 0) is 34.5 Å². The van der Waals surface area contributed by atoms with Gasteiger partial charge in [-0.1, -0.05) is 30.3 Å². The summed E-state index contributed by atoms with van der Waals surface area (Å²) in [7, 11) is 0. The van der Waals surface area contributed by atoms with Crippen molar-refractivity contribution in [3.8, 4) is 11.1 Å². The van der Waals surface area contributed by atoms with E-state index in [1.807, 2.05) is 24.5 Å². The van der Waals surface area contributed by atoms with E-state index in [-0.39, 0.29) is 0 Å². The maximum atomic E-state index is 5.69. The van der Waals surface area contributed by atoms with Crippen molar-refractivity contribution in [3.05, 3.63) is 67.2 Å². The molecule has 0 aliphatic heterocycles. The molecule has 0 fully saturated rings. The maximum absolute atomic E-state index is 5.69. The molecule has 0 amide bonds. The Labute approximate surface area is 110 Å². The van der Waals surface area contributed by atoms with Crippen LogP contribution in [0.3, 0.4) is 0 Å². The van der Waals surface area contributed by atoms with Crippen LogP contribution in [0.1, 0.15) is 0 Å². The van der Waals surface area contributed by atoms with Crippen molar-refractivity contribution in [1.29, 1.82) is 0 Å².